The van der Waals surface area contributed by atoms with Crippen molar-refractivity contribution in [1.82, 2.24) is 9.71 Å². The molecule has 1 aromatic heterocycles. The van der Waals surface area contributed by atoms with Gasteiger partial charge in [-0.1, -0.05) is 0 Å². The highest BCUT2D eigenvalue weighted by Crippen LogP contribution is 2.07. The molecule has 0 aliphatic heterocycles. The predicted octanol–water partition coefficient (Wildman–Crippen LogP) is -0.170. The lowest BCUT2D eigenvalue weighted by Crippen LogP contribution is -2.29. The number of nitrogens with zero attached hydrogens (tertiary/aromatic N) is 1. The van der Waals surface area contributed by atoms with Gasteiger partial charge in [-0.25, -0.2) is 18.1 Å². The van der Waals surface area contributed by atoms with E-state index in [0.717, 1.165) is 10.7 Å². The molecule has 0 atom stereocenters. The molecule has 0 bridgehead atoms. The van der Waals surface area contributed by atoms with Gasteiger partial charge in [-0.2, -0.15) is 0 Å². The quantitative estimate of drug-likeness (QED) is 0.742. The molecule has 7 heteroatoms. The summed E-state index contributed by atoms with van der Waals surface area (Å²) in [7, 11) is -3.23. The van der Waals surface area contributed by atoms with E-state index in [9.17, 15) is 8.42 Å². The van der Waals surface area contributed by atoms with Crippen LogP contribution in [0.5, 0.6) is 0 Å². The molecule has 0 aliphatic rings. The molecule has 0 fully saturated rings. The highest BCUT2D eigenvalue weighted by molar-refractivity contribution is 7.89. The van der Waals surface area contributed by atoms with E-state index < -0.39 is 10.0 Å². The van der Waals surface area contributed by atoms with Gasteiger partial charge in [0.1, 0.15) is 0 Å². The van der Waals surface area contributed by atoms with Crippen LogP contribution in [0.2, 0.25) is 0 Å². The van der Waals surface area contributed by atoms with Crippen molar-refractivity contribution in [2.75, 3.05) is 12.3 Å². The minimum absolute atomic E-state index is 0.0455. The van der Waals surface area contributed by atoms with Crippen molar-refractivity contribution in [2.45, 2.75) is 13.5 Å². The second-order valence-electron chi connectivity index (χ2n) is 2.79. The van der Waals surface area contributed by atoms with Crippen molar-refractivity contribution < 1.29 is 8.42 Å². The lowest BCUT2D eigenvalue weighted by molar-refractivity contribution is 0.580. The van der Waals surface area contributed by atoms with E-state index in [4.69, 9.17) is 5.73 Å². The number of nitrogens with two attached hydrogens (primary N) is 1. The summed E-state index contributed by atoms with van der Waals surface area (Å²) >= 11 is 1.50. The summed E-state index contributed by atoms with van der Waals surface area (Å²) < 4.78 is 24.8. The van der Waals surface area contributed by atoms with Crippen LogP contribution in [0.3, 0.4) is 0 Å². The highest BCUT2D eigenvalue weighted by atomic mass is 32.2. The second kappa shape index (κ2) is 4.83. The fraction of sp³-hybridized carbons (Fsp3) is 0.571. The fourth-order valence-corrected chi connectivity index (χ4v) is 2.34. The van der Waals surface area contributed by atoms with Crippen LogP contribution < -0.4 is 10.5 Å². The fourth-order valence-electron chi connectivity index (χ4n) is 0.901. The van der Waals surface area contributed by atoms with Gasteiger partial charge in [0, 0.05) is 11.9 Å². The Morgan fingerprint density at radius 1 is 1.64 bits per heavy atom. The van der Waals surface area contributed by atoms with E-state index in [1.165, 1.54) is 11.3 Å². The number of nitrogens with one attached hydrogen (secondary N) is 1. The average molecular weight is 235 g/mol. The number of hydrogen-bond acceptors (Lipinski definition) is 5. The maximum absolute atomic E-state index is 11.2. The van der Waals surface area contributed by atoms with Crippen LogP contribution in [0.1, 0.15) is 10.7 Å². The Hall–Kier alpha value is -0.500. The molecule has 0 unspecified atom stereocenters. The Kier molecular flexibility index (Phi) is 3.99. The van der Waals surface area contributed by atoms with Gasteiger partial charge in [0.25, 0.3) is 0 Å². The third kappa shape index (κ3) is 3.70. The zero-order valence-electron chi connectivity index (χ0n) is 7.86. The van der Waals surface area contributed by atoms with E-state index in [0.29, 0.717) is 0 Å². The molecule has 14 heavy (non-hydrogen) atoms. The van der Waals surface area contributed by atoms with E-state index in [-0.39, 0.29) is 18.8 Å². The van der Waals surface area contributed by atoms with E-state index in [1.54, 1.807) is 0 Å². The first-order chi connectivity index (χ1) is 6.53. The minimum Gasteiger partial charge on any atom is -0.329 e. The first-order valence-corrected chi connectivity index (χ1v) is 6.65. The zero-order valence-corrected chi connectivity index (χ0v) is 9.49. The summed E-state index contributed by atoms with van der Waals surface area (Å²) in [5.41, 5.74) is 5.90. The van der Waals surface area contributed by atoms with E-state index >= 15 is 0 Å². The van der Waals surface area contributed by atoms with Crippen molar-refractivity contribution in [3.63, 3.8) is 0 Å². The zero-order chi connectivity index (χ0) is 10.6. The van der Waals surface area contributed by atoms with Crippen LogP contribution >= 0.6 is 11.3 Å². The molecule has 0 saturated carbocycles. The predicted molar refractivity (Wildman–Crippen MR) is 56.5 cm³/mol. The van der Waals surface area contributed by atoms with Gasteiger partial charge in [0.2, 0.25) is 10.0 Å². The monoisotopic (exact) mass is 235 g/mol. The molecule has 5 nitrogen and oxygen atoms in total. The van der Waals surface area contributed by atoms with Crippen LogP contribution in [0.25, 0.3) is 0 Å². The Bertz CT molecular complexity index is 385. The smallest absolute Gasteiger partial charge is 0.213 e. The van der Waals surface area contributed by atoms with Crippen molar-refractivity contribution in [2.24, 2.45) is 5.73 Å². The molecule has 0 amide bonds. The van der Waals surface area contributed by atoms with Gasteiger partial charge in [0.15, 0.2) is 0 Å². The highest BCUT2D eigenvalue weighted by Gasteiger charge is 2.08. The summed E-state index contributed by atoms with van der Waals surface area (Å²) in [4.78, 5) is 4.13. The maximum Gasteiger partial charge on any atom is 0.213 e. The molecule has 0 aromatic carbocycles. The van der Waals surface area contributed by atoms with Gasteiger partial charge in [-0.05, 0) is 6.92 Å². The lowest BCUT2D eigenvalue weighted by atomic mass is 10.5. The molecule has 0 spiro atoms. The Balaban J connectivity index is 2.48. The third-order valence-electron chi connectivity index (χ3n) is 1.53. The molecule has 0 saturated heterocycles. The molecule has 0 radical (unpaired) electrons. The number of aryl methyl sites for hydroxylation is 1. The first-order valence-electron chi connectivity index (χ1n) is 4.12. The summed E-state index contributed by atoms with van der Waals surface area (Å²) in [5.74, 6) is -0.0455. The second-order valence-corrected chi connectivity index (χ2v) is 5.78. The number of thiazole rings is 1. The Morgan fingerprint density at radius 3 is 2.86 bits per heavy atom. The van der Waals surface area contributed by atoms with E-state index in [1.807, 2.05) is 12.3 Å². The maximum atomic E-state index is 11.2. The number of aromatic nitrogens is 1. The van der Waals surface area contributed by atoms with Crippen molar-refractivity contribution >= 4 is 21.4 Å². The topological polar surface area (TPSA) is 85.1 Å². The minimum atomic E-state index is -3.23. The number of sulfonamides is 1. The molecule has 1 aromatic rings. The summed E-state index contributed by atoms with van der Waals surface area (Å²) in [5, 5.41) is 2.76. The van der Waals surface area contributed by atoms with E-state index in [2.05, 4.69) is 9.71 Å². The molecule has 1 heterocycles. The van der Waals surface area contributed by atoms with Crippen molar-refractivity contribution in [1.29, 1.82) is 0 Å². The Labute approximate surface area is 87.4 Å². The van der Waals surface area contributed by atoms with Gasteiger partial charge >= 0.3 is 0 Å². The standard InChI is InChI=1S/C7H13N3O2S2/c1-6-10-7(5-13-6)4-9-14(11,12)3-2-8/h5,9H,2-4,8H2,1H3. The van der Waals surface area contributed by atoms with Crippen LogP contribution in [0, 0.1) is 6.92 Å². The van der Waals surface area contributed by atoms with Crippen LogP contribution in [0.4, 0.5) is 0 Å². The van der Waals surface area contributed by atoms with Gasteiger partial charge in [-0.3, -0.25) is 0 Å². The largest absolute Gasteiger partial charge is 0.329 e. The summed E-state index contributed by atoms with van der Waals surface area (Å²) in [6.45, 7) is 2.25. The number of rotatable bonds is 5. The SMILES string of the molecule is Cc1nc(CNS(=O)(=O)CCN)cs1. The van der Waals surface area contributed by atoms with Gasteiger partial charge < -0.3 is 5.73 Å². The van der Waals surface area contributed by atoms with Crippen molar-refractivity contribution in [3.8, 4) is 0 Å². The third-order valence-corrected chi connectivity index (χ3v) is 3.71. The van der Waals surface area contributed by atoms with Crippen molar-refractivity contribution in [3.05, 3.63) is 16.1 Å². The first kappa shape index (κ1) is 11.6. The molecule has 0 aliphatic carbocycles. The molecular weight excluding hydrogens is 222 g/mol. The molecule has 1 rings (SSSR count). The van der Waals surface area contributed by atoms with Crippen LogP contribution in [-0.2, 0) is 16.6 Å². The molecular formula is C7H13N3O2S2. The lowest BCUT2D eigenvalue weighted by Gasteiger charge is -2.02. The Morgan fingerprint density at radius 2 is 2.36 bits per heavy atom. The van der Waals surface area contributed by atoms with Gasteiger partial charge in [-0.15, -0.1) is 11.3 Å². The van der Waals surface area contributed by atoms with Gasteiger partial charge in [0.05, 0.1) is 23.0 Å². The van der Waals surface area contributed by atoms with Crippen LogP contribution in [-0.4, -0.2) is 25.7 Å². The average Bonchev–Trinajstić information content (AvgIpc) is 2.48. The summed E-state index contributed by atoms with van der Waals surface area (Å²) in [6.07, 6.45) is 0. The molecule has 3 N–H and O–H groups in total. The molecule has 80 valence electrons. The number of hydrogen-bond donors (Lipinski definition) is 2. The normalized spacial score (nSPS) is 11.9. The summed E-state index contributed by atoms with van der Waals surface area (Å²) in [6, 6.07) is 0. The van der Waals surface area contributed by atoms with Crippen LogP contribution in [0.15, 0.2) is 5.38 Å².